The zero-order chi connectivity index (χ0) is 8.85. The smallest absolute Gasteiger partial charge is 0.335 e. The first kappa shape index (κ1) is 10.3. The van der Waals surface area contributed by atoms with Gasteiger partial charge in [-0.2, -0.15) is 0 Å². The fourth-order valence-corrected chi connectivity index (χ4v) is 0.697. The number of esters is 1. The van der Waals surface area contributed by atoms with Crippen molar-refractivity contribution >= 4 is 5.97 Å². The van der Waals surface area contributed by atoms with E-state index < -0.39 is 18.2 Å². The van der Waals surface area contributed by atoms with Crippen LogP contribution in [0, 0.1) is 0 Å². The highest BCUT2D eigenvalue weighted by Crippen LogP contribution is 2.07. The number of carbonyl (C=O) groups is 1. The van der Waals surface area contributed by atoms with Gasteiger partial charge in [0.1, 0.15) is 6.61 Å². The summed E-state index contributed by atoms with van der Waals surface area (Å²) < 4.78 is 4.36. The van der Waals surface area contributed by atoms with E-state index in [1.807, 2.05) is 0 Å². The maximum atomic E-state index is 10.4. The van der Waals surface area contributed by atoms with Crippen molar-refractivity contribution in [3.63, 3.8) is 0 Å². The highest BCUT2D eigenvalue weighted by molar-refractivity contribution is 5.75. The molecule has 0 aromatic heterocycles. The minimum Gasteiger partial charge on any atom is -0.461 e. The van der Waals surface area contributed by atoms with E-state index in [9.17, 15) is 4.79 Å². The standard InChI is InChI=1S/C5H8O4.CH4O/c6-3-1-4(7)5(8)9-2-3;1-2/h3-4,6-7H,1-2H2;2H,1H3/t3-,4+;/m0./s1. The average molecular weight is 164 g/mol. The first-order valence-corrected chi connectivity index (χ1v) is 3.17. The molecular formula is C6H12O5. The molecule has 0 saturated carbocycles. The second-order valence-corrected chi connectivity index (χ2v) is 2.04. The molecule has 1 aliphatic rings. The van der Waals surface area contributed by atoms with Gasteiger partial charge < -0.3 is 20.1 Å². The van der Waals surface area contributed by atoms with Crippen LogP contribution in [-0.4, -0.2) is 47.2 Å². The van der Waals surface area contributed by atoms with Gasteiger partial charge in [-0.3, -0.25) is 0 Å². The SMILES string of the molecule is CO.O=C1OC[C@@H](O)C[C@H]1O. The fraction of sp³-hybridized carbons (Fsp3) is 0.833. The summed E-state index contributed by atoms with van der Waals surface area (Å²) in [5, 5.41) is 24.5. The zero-order valence-electron chi connectivity index (χ0n) is 6.23. The maximum absolute atomic E-state index is 10.4. The summed E-state index contributed by atoms with van der Waals surface area (Å²) in [4.78, 5) is 10.4. The molecule has 2 atom stereocenters. The first-order valence-electron chi connectivity index (χ1n) is 3.17. The molecule has 5 heteroatoms. The van der Waals surface area contributed by atoms with Crippen molar-refractivity contribution < 1.29 is 24.9 Å². The molecule has 0 radical (unpaired) electrons. The minimum atomic E-state index is -1.13. The molecule has 5 nitrogen and oxygen atoms in total. The van der Waals surface area contributed by atoms with E-state index in [1.165, 1.54) is 0 Å². The lowest BCUT2D eigenvalue weighted by atomic mass is 10.1. The Morgan fingerprint density at radius 1 is 1.45 bits per heavy atom. The molecular weight excluding hydrogens is 152 g/mol. The second-order valence-electron chi connectivity index (χ2n) is 2.04. The summed E-state index contributed by atoms with van der Waals surface area (Å²) in [5.74, 6) is -0.639. The van der Waals surface area contributed by atoms with Crippen molar-refractivity contribution in [3.8, 4) is 0 Å². The van der Waals surface area contributed by atoms with Crippen molar-refractivity contribution in [1.82, 2.24) is 0 Å². The minimum absolute atomic E-state index is 0.00981. The zero-order valence-corrected chi connectivity index (χ0v) is 6.23. The number of rotatable bonds is 0. The molecule has 0 unspecified atom stereocenters. The van der Waals surface area contributed by atoms with Crippen LogP contribution in [0.15, 0.2) is 0 Å². The summed E-state index contributed by atoms with van der Waals surface area (Å²) in [6.45, 7) is 0.00981. The van der Waals surface area contributed by atoms with E-state index in [0.29, 0.717) is 0 Å². The largest absolute Gasteiger partial charge is 0.461 e. The number of hydrogen-bond acceptors (Lipinski definition) is 5. The number of cyclic esters (lactones) is 1. The fourth-order valence-electron chi connectivity index (χ4n) is 0.697. The molecule has 11 heavy (non-hydrogen) atoms. The third-order valence-electron chi connectivity index (χ3n) is 1.19. The van der Waals surface area contributed by atoms with Crippen molar-refractivity contribution in [3.05, 3.63) is 0 Å². The summed E-state index contributed by atoms with van der Waals surface area (Å²) in [6, 6.07) is 0. The van der Waals surface area contributed by atoms with Gasteiger partial charge in [0.15, 0.2) is 6.10 Å². The van der Waals surface area contributed by atoms with Gasteiger partial charge in [-0.25, -0.2) is 4.79 Å². The average Bonchev–Trinajstić information content (AvgIpc) is 2.02. The Balaban J connectivity index is 0.000000461. The third kappa shape index (κ3) is 3.31. The Bertz CT molecular complexity index is 124. The van der Waals surface area contributed by atoms with Crippen LogP contribution in [0.2, 0.25) is 0 Å². The summed E-state index contributed by atoms with van der Waals surface area (Å²) in [5.41, 5.74) is 0. The van der Waals surface area contributed by atoms with Crippen LogP contribution in [0.25, 0.3) is 0 Å². The number of aliphatic hydroxyl groups excluding tert-OH is 3. The van der Waals surface area contributed by atoms with Crippen LogP contribution < -0.4 is 0 Å². The predicted molar refractivity (Wildman–Crippen MR) is 35.7 cm³/mol. The van der Waals surface area contributed by atoms with Gasteiger partial charge in [-0.1, -0.05) is 0 Å². The summed E-state index contributed by atoms with van der Waals surface area (Å²) >= 11 is 0. The first-order chi connectivity index (χ1) is 5.20. The molecule has 0 amide bonds. The van der Waals surface area contributed by atoms with Gasteiger partial charge in [0.05, 0.1) is 6.10 Å². The summed E-state index contributed by atoms with van der Waals surface area (Å²) in [7, 11) is 1.00. The molecule has 1 rings (SSSR count). The molecule has 0 aliphatic carbocycles. The van der Waals surface area contributed by atoms with Gasteiger partial charge >= 0.3 is 5.97 Å². The summed E-state index contributed by atoms with van der Waals surface area (Å²) in [6.07, 6.45) is -1.73. The Labute approximate surface area is 64.2 Å². The number of ether oxygens (including phenoxy) is 1. The predicted octanol–water partition coefficient (Wildman–Crippen LogP) is -1.74. The van der Waals surface area contributed by atoms with Gasteiger partial charge in [0.2, 0.25) is 0 Å². The third-order valence-corrected chi connectivity index (χ3v) is 1.19. The van der Waals surface area contributed by atoms with Crippen LogP contribution in [0.5, 0.6) is 0 Å². The van der Waals surface area contributed by atoms with Crippen LogP contribution in [-0.2, 0) is 9.53 Å². The van der Waals surface area contributed by atoms with E-state index in [-0.39, 0.29) is 13.0 Å². The van der Waals surface area contributed by atoms with Crippen LogP contribution in [0.4, 0.5) is 0 Å². The van der Waals surface area contributed by atoms with Gasteiger partial charge in [0, 0.05) is 13.5 Å². The monoisotopic (exact) mass is 164 g/mol. The topological polar surface area (TPSA) is 87.0 Å². The Hall–Kier alpha value is -0.650. The van der Waals surface area contributed by atoms with Gasteiger partial charge in [-0.05, 0) is 0 Å². The van der Waals surface area contributed by atoms with Crippen molar-refractivity contribution in [2.45, 2.75) is 18.6 Å². The molecule has 0 aromatic carbocycles. The Morgan fingerprint density at radius 2 is 2.00 bits per heavy atom. The van der Waals surface area contributed by atoms with Crippen molar-refractivity contribution in [1.29, 1.82) is 0 Å². The van der Waals surface area contributed by atoms with Crippen LogP contribution >= 0.6 is 0 Å². The Morgan fingerprint density at radius 3 is 2.36 bits per heavy atom. The quantitative estimate of drug-likeness (QED) is 0.370. The van der Waals surface area contributed by atoms with E-state index in [1.54, 1.807) is 0 Å². The Kier molecular flexibility index (Phi) is 4.76. The molecule has 0 spiro atoms. The van der Waals surface area contributed by atoms with Crippen LogP contribution in [0.1, 0.15) is 6.42 Å². The molecule has 3 N–H and O–H groups in total. The second kappa shape index (κ2) is 5.06. The number of carbonyl (C=O) groups excluding carboxylic acids is 1. The van der Waals surface area contributed by atoms with Gasteiger partial charge in [0.25, 0.3) is 0 Å². The highest BCUT2D eigenvalue weighted by Gasteiger charge is 2.26. The maximum Gasteiger partial charge on any atom is 0.335 e. The van der Waals surface area contributed by atoms with Gasteiger partial charge in [-0.15, -0.1) is 0 Å². The van der Waals surface area contributed by atoms with E-state index in [4.69, 9.17) is 15.3 Å². The normalized spacial score (nSPS) is 30.0. The van der Waals surface area contributed by atoms with E-state index in [2.05, 4.69) is 4.74 Å². The van der Waals surface area contributed by atoms with Crippen molar-refractivity contribution in [2.75, 3.05) is 13.7 Å². The van der Waals surface area contributed by atoms with Crippen LogP contribution in [0.3, 0.4) is 0 Å². The van der Waals surface area contributed by atoms with E-state index in [0.717, 1.165) is 7.11 Å². The molecule has 1 heterocycles. The highest BCUT2D eigenvalue weighted by atomic mass is 16.6. The molecule has 1 saturated heterocycles. The number of aliphatic hydroxyl groups is 3. The number of hydrogen-bond donors (Lipinski definition) is 3. The van der Waals surface area contributed by atoms with E-state index >= 15 is 0 Å². The lowest BCUT2D eigenvalue weighted by molar-refractivity contribution is -0.166. The lowest BCUT2D eigenvalue weighted by Crippen LogP contribution is -2.37. The molecule has 1 fully saturated rings. The molecule has 1 aliphatic heterocycles. The lowest BCUT2D eigenvalue weighted by Gasteiger charge is -2.20. The molecule has 0 bridgehead atoms. The molecule has 66 valence electrons. The van der Waals surface area contributed by atoms with Crippen molar-refractivity contribution in [2.24, 2.45) is 0 Å². The molecule has 0 aromatic rings.